The van der Waals surface area contributed by atoms with E-state index in [1.165, 1.54) is 6.42 Å². The lowest BCUT2D eigenvalue weighted by Gasteiger charge is -2.30. The number of halogens is 1. The zero-order valence-corrected chi connectivity index (χ0v) is 13.8. The van der Waals surface area contributed by atoms with E-state index in [-0.39, 0.29) is 5.91 Å². The predicted octanol–water partition coefficient (Wildman–Crippen LogP) is 3.75. The Morgan fingerprint density at radius 2 is 2.09 bits per heavy atom. The summed E-state index contributed by atoms with van der Waals surface area (Å²) in [5.41, 5.74) is 1.14. The van der Waals surface area contributed by atoms with Gasteiger partial charge in [0, 0.05) is 13.1 Å². The molecule has 0 bridgehead atoms. The lowest BCUT2D eigenvalue weighted by atomic mass is 10.00. The van der Waals surface area contributed by atoms with E-state index < -0.39 is 0 Å². The molecule has 3 rings (SSSR count). The largest absolute Gasteiger partial charge is 0.338 e. The molecule has 1 N–H and O–H groups in total. The van der Waals surface area contributed by atoms with Gasteiger partial charge in [-0.05, 0) is 43.0 Å². The number of nitrogens with one attached hydrogen (secondary N) is 1. The summed E-state index contributed by atoms with van der Waals surface area (Å²) < 4.78 is 0. The van der Waals surface area contributed by atoms with E-state index in [1.807, 2.05) is 23.1 Å². The average molecular weight is 331 g/mol. The van der Waals surface area contributed by atoms with Crippen LogP contribution in [0, 0.1) is 5.92 Å². The molecule has 1 aliphatic rings. The Morgan fingerprint density at radius 1 is 1.26 bits per heavy atom. The van der Waals surface area contributed by atoms with Gasteiger partial charge >= 0.3 is 0 Å². The van der Waals surface area contributed by atoms with Gasteiger partial charge in [0.2, 0.25) is 0 Å². The Morgan fingerprint density at radius 3 is 2.78 bits per heavy atom. The highest BCUT2D eigenvalue weighted by molar-refractivity contribution is 6.33. The van der Waals surface area contributed by atoms with Crippen LogP contribution in [-0.4, -0.2) is 34.1 Å². The van der Waals surface area contributed by atoms with Crippen molar-refractivity contribution in [1.82, 2.24) is 15.1 Å². The number of nitrogens with zero attached hydrogens (tertiary/aromatic N) is 3. The third kappa shape index (κ3) is 3.79. The van der Waals surface area contributed by atoms with Crippen LogP contribution in [0.1, 0.15) is 30.3 Å². The van der Waals surface area contributed by atoms with Crippen LogP contribution in [0.5, 0.6) is 0 Å². The fourth-order valence-corrected chi connectivity index (χ4v) is 2.93. The highest BCUT2D eigenvalue weighted by atomic mass is 35.5. The van der Waals surface area contributed by atoms with Crippen LogP contribution in [0.2, 0.25) is 5.02 Å². The Bertz CT molecular complexity index is 689. The van der Waals surface area contributed by atoms with Crippen molar-refractivity contribution in [1.29, 1.82) is 0 Å². The van der Waals surface area contributed by atoms with Gasteiger partial charge in [0.25, 0.3) is 5.91 Å². The first-order chi connectivity index (χ1) is 11.1. The zero-order chi connectivity index (χ0) is 16.2. The summed E-state index contributed by atoms with van der Waals surface area (Å²) >= 11 is 6.10. The molecule has 1 atom stereocenters. The van der Waals surface area contributed by atoms with Gasteiger partial charge in [-0.3, -0.25) is 4.79 Å². The second-order valence-electron chi connectivity index (χ2n) is 5.91. The minimum absolute atomic E-state index is 0.0478. The van der Waals surface area contributed by atoms with Crippen molar-refractivity contribution in [2.24, 2.45) is 5.92 Å². The third-order valence-corrected chi connectivity index (χ3v) is 4.29. The van der Waals surface area contributed by atoms with E-state index in [2.05, 4.69) is 22.4 Å². The van der Waals surface area contributed by atoms with Crippen molar-refractivity contribution in [2.75, 3.05) is 18.4 Å². The molecular weight excluding hydrogens is 312 g/mol. The normalized spacial score (nSPS) is 17.8. The van der Waals surface area contributed by atoms with E-state index in [0.717, 1.165) is 25.2 Å². The van der Waals surface area contributed by atoms with Crippen LogP contribution in [0.25, 0.3) is 0 Å². The maximum atomic E-state index is 12.5. The molecule has 6 heteroatoms. The number of anilines is 2. The Labute approximate surface area is 140 Å². The summed E-state index contributed by atoms with van der Waals surface area (Å²) in [5, 5.41) is 11.8. The first kappa shape index (κ1) is 15.7. The van der Waals surface area contributed by atoms with Crippen LogP contribution in [0.15, 0.2) is 36.4 Å². The molecule has 1 aromatic heterocycles. The minimum Gasteiger partial charge on any atom is -0.338 e. The van der Waals surface area contributed by atoms with E-state index in [0.29, 0.717) is 22.5 Å². The molecule has 2 aromatic rings. The Hall–Kier alpha value is -2.14. The molecule has 2 heterocycles. The van der Waals surface area contributed by atoms with Crippen molar-refractivity contribution >= 4 is 29.0 Å². The van der Waals surface area contributed by atoms with E-state index >= 15 is 0 Å². The molecule has 0 spiro atoms. The smallest absolute Gasteiger partial charge is 0.274 e. The molecule has 0 radical (unpaired) electrons. The number of amides is 1. The lowest BCUT2D eigenvalue weighted by Crippen LogP contribution is -2.39. The SMILES string of the molecule is CC1CCCN(C(=O)c2ccc(Nc3ccccc3Cl)nn2)C1. The standard InChI is InChI=1S/C17H19ClN4O/c1-12-5-4-10-22(11-12)17(23)15-8-9-16(21-20-15)19-14-7-3-2-6-13(14)18/h2-3,6-9,12H,4-5,10-11H2,1H3,(H,19,21). The molecule has 120 valence electrons. The number of carbonyl (C=O) groups is 1. The van der Waals surface area contributed by atoms with Crippen LogP contribution in [-0.2, 0) is 0 Å². The maximum Gasteiger partial charge on any atom is 0.274 e. The van der Waals surface area contributed by atoms with Gasteiger partial charge < -0.3 is 10.2 Å². The molecule has 0 saturated carbocycles. The molecule has 0 aliphatic carbocycles. The fraction of sp³-hybridized carbons (Fsp3) is 0.353. The number of benzene rings is 1. The van der Waals surface area contributed by atoms with Crippen LogP contribution in [0.3, 0.4) is 0 Å². The summed E-state index contributed by atoms with van der Waals surface area (Å²) in [6.45, 7) is 3.76. The summed E-state index contributed by atoms with van der Waals surface area (Å²) in [7, 11) is 0. The third-order valence-electron chi connectivity index (χ3n) is 3.96. The summed E-state index contributed by atoms with van der Waals surface area (Å²) in [6.07, 6.45) is 2.22. The maximum absolute atomic E-state index is 12.5. The van der Waals surface area contributed by atoms with Crippen LogP contribution >= 0.6 is 11.6 Å². The number of likely N-dealkylation sites (tertiary alicyclic amines) is 1. The molecule has 1 aliphatic heterocycles. The first-order valence-electron chi connectivity index (χ1n) is 7.78. The number of hydrogen-bond donors (Lipinski definition) is 1. The molecule has 1 saturated heterocycles. The van der Waals surface area contributed by atoms with E-state index in [9.17, 15) is 4.79 Å². The van der Waals surface area contributed by atoms with E-state index in [1.54, 1.807) is 18.2 Å². The topological polar surface area (TPSA) is 58.1 Å². The van der Waals surface area contributed by atoms with Gasteiger partial charge in [0.15, 0.2) is 11.5 Å². The predicted molar refractivity (Wildman–Crippen MR) is 91.1 cm³/mol. The fourth-order valence-electron chi connectivity index (χ4n) is 2.75. The minimum atomic E-state index is -0.0478. The average Bonchev–Trinajstić information content (AvgIpc) is 2.57. The molecule has 5 nitrogen and oxygen atoms in total. The van der Waals surface area contributed by atoms with Crippen LogP contribution < -0.4 is 5.32 Å². The first-order valence-corrected chi connectivity index (χ1v) is 8.16. The van der Waals surface area contributed by atoms with Crippen molar-refractivity contribution in [3.05, 3.63) is 47.1 Å². The van der Waals surface area contributed by atoms with E-state index in [4.69, 9.17) is 11.6 Å². The molecule has 23 heavy (non-hydrogen) atoms. The highest BCUT2D eigenvalue weighted by Crippen LogP contribution is 2.23. The summed E-state index contributed by atoms with van der Waals surface area (Å²) in [4.78, 5) is 14.3. The molecule has 1 amide bonds. The van der Waals surface area contributed by atoms with Crippen molar-refractivity contribution in [2.45, 2.75) is 19.8 Å². The Kier molecular flexibility index (Phi) is 4.76. The van der Waals surface area contributed by atoms with Gasteiger partial charge in [-0.1, -0.05) is 30.7 Å². The molecule has 1 unspecified atom stereocenters. The number of para-hydroxylation sites is 1. The lowest BCUT2D eigenvalue weighted by molar-refractivity contribution is 0.0676. The Balaban J connectivity index is 1.69. The van der Waals surface area contributed by atoms with Crippen molar-refractivity contribution in [3.63, 3.8) is 0 Å². The number of piperidine rings is 1. The van der Waals surface area contributed by atoms with Gasteiger partial charge in [0.05, 0.1) is 10.7 Å². The van der Waals surface area contributed by atoms with Crippen molar-refractivity contribution < 1.29 is 4.79 Å². The highest BCUT2D eigenvalue weighted by Gasteiger charge is 2.23. The molecule has 1 aromatic carbocycles. The van der Waals surface area contributed by atoms with Gasteiger partial charge in [-0.2, -0.15) is 0 Å². The summed E-state index contributed by atoms with van der Waals surface area (Å²) in [6, 6.07) is 10.9. The van der Waals surface area contributed by atoms with Crippen LogP contribution in [0.4, 0.5) is 11.5 Å². The van der Waals surface area contributed by atoms with Gasteiger partial charge in [-0.15, -0.1) is 10.2 Å². The molecular formula is C17H19ClN4O. The number of rotatable bonds is 3. The van der Waals surface area contributed by atoms with Crippen molar-refractivity contribution in [3.8, 4) is 0 Å². The number of aromatic nitrogens is 2. The quantitative estimate of drug-likeness (QED) is 0.931. The number of hydrogen-bond acceptors (Lipinski definition) is 4. The second-order valence-corrected chi connectivity index (χ2v) is 6.31. The monoisotopic (exact) mass is 330 g/mol. The van der Waals surface area contributed by atoms with Gasteiger partial charge in [-0.25, -0.2) is 0 Å². The van der Waals surface area contributed by atoms with Gasteiger partial charge in [0.1, 0.15) is 0 Å². The number of carbonyl (C=O) groups excluding carboxylic acids is 1. The second kappa shape index (κ2) is 6.96. The molecule has 1 fully saturated rings. The summed E-state index contributed by atoms with van der Waals surface area (Å²) in [5.74, 6) is 1.05. The zero-order valence-electron chi connectivity index (χ0n) is 13.0.